The lowest BCUT2D eigenvalue weighted by Crippen LogP contribution is -2.37. The number of nitrogens with one attached hydrogen (secondary N) is 2. The fourth-order valence-electron chi connectivity index (χ4n) is 2.02. The van der Waals surface area contributed by atoms with Crippen LogP contribution in [0, 0.1) is 0 Å². The molecule has 1 aliphatic rings. The van der Waals surface area contributed by atoms with Gasteiger partial charge in [-0.25, -0.2) is 4.98 Å². The second kappa shape index (κ2) is 6.04. The number of carbonyl (C=O) groups is 1. The average molecular weight is 267 g/mol. The number of thioether (sulfide) groups is 1. The van der Waals surface area contributed by atoms with Crippen molar-refractivity contribution in [3.05, 3.63) is 22.6 Å². The number of rotatable bonds is 4. The van der Waals surface area contributed by atoms with Gasteiger partial charge < -0.3 is 10.3 Å². The van der Waals surface area contributed by atoms with Gasteiger partial charge in [-0.2, -0.15) is 0 Å². The van der Waals surface area contributed by atoms with Crippen LogP contribution < -0.4 is 10.9 Å². The first-order valence-corrected chi connectivity index (χ1v) is 7.05. The van der Waals surface area contributed by atoms with Gasteiger partial charge in [0.05, 0.1) is 5.25 Å². The smallest absolute Gasteiger partial charge is 0.251 e. The Morgan fingerprint density at radius 3 is 2.94 bits per heavy atom. The Labute approximate surface area is 110 Å². The summed E-state index contributed by atoms with van der Waals surface area (Å²) in [7, 11) is 0. The first kappa shape index (κ1) is 13.1. The van der Waals surface area contributed by atoms with E-state index in [9.17, 15) is 9.59 Å². The molecule has 0 aromatic carbocycles. The third-order valence-electron chi connectivity index (χ3n) is 3.01. The highest BCUT2D eigenvalue weighted by atomic mass is 32.2. The van der Waals surface area contributed by atoms with E-state index in [1.807, 2.05) is 6.92 Å². The molecule has 1 aromatic rings. The SMILES string of the molecule is C[C@@H](Sc1nccc(=O)[nH]1)C(=O)NC1CCCC1. The molecule has 2 N–H and O–H groups in total. The lowest BCUT2D eigenvalue weighted by atomic mass is 10.2. The Morgan fingerprint density at radius 2 is 2.28 bits per heavy atom. The number of hydrogen-bond donors (Lipinski definition) is 2. The van der Waals surface area contributed by atoms with Crippen molar-refractivity contribution < 1.29 is 4.79 Å². The molecular formula is C12H17N3O2S. The highest BCUT2D eigenvalue weighted by Crippen LogP contribution is 2.21. The highest BCUT2D eigenvalue weighted by Gasteiger charge is 2.21. The highest BCUT2D eigenvalue weighted by molar-refractivity contribution is 8.00. The number of amides is 1. The molecule has 6 heteroatoms. The Bertz CT molecular complexity index is 468. The van der Waals surface area contributed by atoms with Gasteiger partial charge in [-0.05, 0) is 19.8 Å². The van der Waals surface area contributed by atoms with Gasteiger partial charge in [0, 0.05) is 18.3 Å². The number of aromatic nitrogens is 2. The third kappa shape index (κ3) is 3.60. The van der Waals surface area contributed by atoms with E-state index in [1.165, 1.54) is 36.9 Å². The molecular weight excluding hydrogens is 250 g/mol. The normalized spacial score (nSPS) is 17.6. The standard InChI is InChI=1S/C12H17N3O2S/c1-8(11(17)14-9-4-2-3-5-9)18-12-13-7-6-10(16)15-12/h6-9H,2-5H2,1H3,(H,14,17)(H,13,15,16)/t8-/m1/s1. The summed E-state index contributed by atoms with van der Waals surface area (Å²) in [4.78, 5) is 29.7. The minimum atomic E-state index is -0.254. The van der Waals surface area contributed by atoms with E-state index in [1.54, 1.807) is 0 Å². The molecule has 1 heterocycles. The van der Waals surface area contributed by atoms with Gasteiger partial charge in [-0.3, -0.25) is 9.59 Å². The zero-order valence-corrected chi connectivity index (χ0v) is 11.1. The Hall–Kier alpha value is -1.30. The fraction of sp³-hybridized carbons (Fsp3) is 0.583. The van der Waals surface area contributed by atoms with Gasteiger partial charge in [0.1, 0.15) is 0 Å². The van der Waals surface area contributed by atoms with Crippen molar-refractivity contribution in [2.24, 2.45) is 0 Å². The molecule has 0 radical (unpaired) electrons. The van der Waals surface area contributed by atoms with Crippen molar-refractivity contribution in [1.82, 2.24) is 15.3 Å². The molecule has 0 unspecified atom stereocenters. The fourth-order valence-corrected chi connectivity index (χ4v) is 2.81. The number of aromatic amines is 1. The largest absolute Gasteiger partial charge is 0.352 e. The zero-order chi connectivity index (χ0) is 13.0. The molecule has 1 aliphatic carbocycles. The number of H-pyrrole nitrogens is 1. The van der Waals surface area contributed by atoms with Crippen LogP contribution in [-0.4, -0.2) is 27.2 Å². The van der Waals surface area contributed by atoms with E-state index in [-0.39, 0.29) is 16.7 Å². The van der Waals surface area contributed by atoms with Crippen LogP contribution in [0.1, 0.15) is 32.6 Å². The minimum absolute atomic E-state index is 0.0124. The summed E-state index contributed by atoms with van der Waals surface area (Å²) in [6, 6.07) is 1.68. The molecule has 2 rings (SSSR count). The quantitative estimate of drug-likeness (QED) is 0.637. The lowest BCUT2D eigenvalue weighted by Gasteiger charge is -2.15. The maximum Gasteiger partial charge on any atom is 0.251 e. The summed E-state index contributed by atoms with van der Waals surface area (Å²) in [5.74, 6) is 0.0124. The minimum Gasteiger partial charge on any atom is -0.352 e. The number of hydrogen-bond acceptors (Lipinski definition) is 4. The maximum atomic E-state index is 11.9. The van der Waals surface area contributed by atoms with Crippen LogP contribution in [0.2, 0.25) is 0 Å². The molecule has 1 amide bonds. The third-order valence-corrected chi connectivity index (χ3v) is 4.01. The topological polar surface area (TPSA) is 74.8 Å². The lowest BCUT2D eigenvalue weighted by molar-refractivity contribution is -0.120. The zero-order valence-electron chi connectivity index (χ0n) is 10.3. The van der Waals surface area contributed by atoms with Crippen LogP contribution >= 0.6 is 11.8 Å². The molecule has 98 valence electrons. The van der Waals surface area contributed by atoms with Gasteiger partial charge in [-0.1, -0.05) is 24.6 Å². The first-order valence-electron chi connectivity index (χ1n) is 6.17. The molecule has 1 atom stereocenters. The Morgan fingerprint density at radius 1 is 1.56 bits per heavy atom. The second-order valence-electron chi connectivity index (χ2n) is 4.49. The summed E-state index contributed by atoms with van der Waals surface area (Å²) in [6.45, 7) is 1.82. The molecule has 0 bridgehead atoms. The summed E-state index contributed by atoms with van der Waals surface area (Å²) in [5.41, 5.74) is -0.198. The van der Waals surface area contributed by atoms with Gasteiger partial charge in [0.2, 0.25) is 5.91 Å². The van der Waals surface area contributed by atoms with Crippen LogP contribution in [0.4, 0.5) is 0 Å². The van der Waals surface area contributed by atoms with Gasteiger partial charge >= 0.3 is 0 Å². The van der Waals surface area contributed by atoms with Crippen LogP contribution in [0.25, 0.3) is 0 Å². The molecule has 0 aliphatic heterocycles. The molecule has 1 saturated carbocycles. The van der Waals surface area contributed by atoms with Gasteiger partial charge in [0.15, 0.2) is 5.16 Å². The summed E-state index contributed by atoms with van der Waals surface area (Å²) in [6.07, 6.45) is 5.98. The van der Waals surface area contributed by atoms with Crippen LogP contribution in [0.5, 0.6) is 0 Å². The van der Waals surface area contributed by atoms with Crippen molar-refractivity contribution in [3.63, 3.8) is 0 Å². The second-order valence-corrected chi connectivity index (χ2v) is 5.82. The van der Waals surface area contributed by atoms with Crippen molar-refractivity contribution in [2.45, 2.75) is 49.1 Å². The van der Waals surface area contributed by atoms with Crippen LogP contribution in [0.15, 0.2) is 22.2 Å². The van der Waals surface area contributed by atoms with Crippen LogP contribution in [-0.2, 0) is 4.79 Å². The van der Waals surface area contributed by atoms with Crippen molar-refractivity contribution >= 4 is 17.7 Å². The predicted molar refractivity (Wildman–Crippen MR) is 70.6 cm³/mol. The molecule has 1 fully saturated rings. The van der Waals surface area contributed by atoms with Crippen molar-refractivity contribution in [2.75, 3.05) is 0 Å². The van der Waals surface area contributed by atoms with Gasteiger partial charge in [0.25, 0.3) is 5.56 Å². The molecule has 0 saturated heterocycles. The first-order chi connectivity index (χ1) is 8.65. The molecule has 5 nitrogen and oxygen atoms in total. The van der Waals surface area contributed by atoms with Gasteiger partial charge in [-0.15, -0.1) is 0 Å². The maximum absolute atomic E-state index is 11.9. The van der Waals surface area contributed by atoms with E-state index in [0.29, 0.717) is 11.2 Å². The van der Waals surface area contributed by atoms with E-state index >= 15 is 0 Å². The molecule has 1 aromatic heterocycles. The Kier molecular flexibility index (Phi) is 4.41. The summed E-state index contributed by atoms with van der Waals surface area (Å²) >= 11 is 1.27. The van der Waals surface area contributed by atoms with E-state index in [4.69, 9.17) is 0 Å². The van der Waals surface area contributed by atoms with E-state index < -0.39 is 0 Å². The van der Waals surface area contributed by atoms with E-state index in [0.717, 1.165) is 12.8 Å². The predicted octanol–water partition coefficient (Wildman–Crippen LogP) is 1.31. The summed E-state index contributed by atoms with van der Waals surface area (Å²) in [5, 5.41) is 3.26. The summed E-state index contributed by atoms with van der Waals surface area (Å²) < 4.78 is 0. The average Bonchev–Trinajstić information content (AvgIpc) is 2.81. The van der Waals surface area contributed by atoms with E-state index in [2.05, 4.69) is 15.3 Å². The van der Waals surface area contributed by atoms with Crippen molar-refractivity contribution in [3.8, 4) is 0 Å². The molecule has 18 heavy (non-hydrogen) atoms. The molecule has 0 spiro atoms. The van der Waals surface area contributed by atoms with Crippen molar-refractivity contribution in [1.29, 1.82) is 0 Å². The Balaban J connectivity index is 1.88. The number of nitrogens with zero attached hydrogens (tertiary/aromatic N) is 1. The number of carbonyl (C=O) groups excluding carboxylic acids is 1. The monoisotopic (exact) mass is 267 g/mol. The van der Waals surface area contributed by atoms with Crippen LogP contribution in [0.3, 0.4) is 0 Å².